The van der Waals surface area contributed by atoms with Crippen LogP contribution in [0.2, 0.25) is 0 Å². The van der Waals surface area contributed by atoms with E-state index in [4.69, 9.17) is 80.5 Å². The van der Waals surface area contributed by atoms with Gasteiger partial charge in [0.25, 0.3) is 0 Å². The number of hydrogen-bond donors (Lipinski definition) is 0. The maximum Gasteiger partial charge on any atom is 0.338 e. The molecule has 0 bridgehead atoms. The van der Waals surface area contributed by atoms with Gasteiger partial charge in [0.15, 0.2) is 24.8 Å². The predicted molar refractivity (Wildman–Crippen MR) is 276 cm³/mol. The summed E-state index contributed by atoms with van der Waals surface area (Å²) in [5, 5.41) is 0. The number of rotatable bonds is 21. The monoisotopic (exact) mass is 1090 g/mol. The van der Waals surface area contributed by atoms with Crippen molar-refractivity contribution in [2.45, 2.75) is 119 Å². The van der Waals surface area contributed by atoms with Crippen molar-refractivity contribution in [3.05, 3.63) is 168 Å². The van der Waals surface area contributed by atoms with Crippen LogP contribution in [-0.4, -0.2) is 158 Å². The van der Waals surface area contributed by atoms with E-state index in [1.807, 2.05) is 60.7 Å². The van der Waals surface area contributed by atoms with E-state index in [0.29, 0.717) is 11.5 Å². The number of esters is 3. The Morgan fingerprint density at radius 1 is 0.519 bits per heavy atom. The van der Waals surface area contributed by atoms with Gasteiger partial charge in [-0.15, -0.1) is 0 Å². The SMILES string of the molecule is COC(=O)[C@H]1O[C@H](O[C@H]2[C@H](O[C@@H]3CO[C@@H](Oc4ccc(OC)cc4)[C@H](OC(=O)c4ccccc4)[C@H]3OC(=O)c3ccccc3)OC[C@H]3O[C@](C)(OC)[C@@](C)(OC)O[C@H]23)[C@H](OCc2ccccc2)[C@@H](OCc2ccccc2)[C@@H]1OC. The van der Waals surface area contributed by atoms with Crippen molar-refractivity contribution in [2.24, 2.45) is 0 Å². The Labute approximate surface area is 458 Å². The minimum Gasteiger partial charge on any atom is -0.497 e. The van der Waals surface area contributed by atoms with Crippen LogP contribution in [0.5, 0.6) is 11.5 Å². The maximum atomic E-state index is 14.3. The lowest BCUT2D eigenvalue weighted by Gasteiger charge is -2.56. The molecule has 79 heavy (non-hydrogen) atoms. The molecule has 0 saturated carbocycles. The molecule has 0 aromatic heterocycles. The minimum absolute atomic E-state index is 0.0384. The quantitative estimate of drug-likeness (QED) is 0.0560. The zero-order valence-corrected chi connectivity index (χ0v) is 44.9. The maximum absolute atomic E-state index is 14.3. The lowest BCUT2D eigenvalue weighted by atomic mass is 9.96. The standard InChI is InChI=1S/C59H66O20/c1-58(66-6)59(2,67-7)79-45-43(78-58)35-71-56(51(45)77-57-49(69-33-37-22-14-9-15-23-37)47(68-32-36-20-12-8-13-21-36)46(64-4)48(76-57)54(62)65-5)73-42-34-70-55(72-41-30-28-40(63-3)29-31-41)50(75-53(61)39-26-18-11-19-27-39)44(42)74-52(60)38-24-16-10-17-25-38/h8-31,42-51,55-57H,32-35H2,1-7H3/t42-,43-,44+,45+,46+,47+,48+,49-,50-,51-,55+,56+,57-,58+,59+/m1/s1. The summed E-state index contributed by atoms with van der Waals surface area (Å²) in [6.07, 6.45) is -16.9. The van der Waals surface area contributed by atoms with Gasteiger partial charge in [-0.05, 0) is 73.5 Å². The van der Waals surface area contributed by atoms with Crippen molar-refractivity contribution in [3.63, 3.8) is 0 Å². The average Bonchev–Trinajstić information content (AvgIpc) is 3.52. The summed E-state index contributed by atoms with van der Waals surface area (Å²) in [4.78, 5) is 42.3. The zero-order chi connectivity index (χ0) is 55.5. The van der Waals surface area contributed by atoms with Crippen LogP contribution >= 0.6 is 0 Å². The molecule has 422 valence electrons. The summed E-state index contributed by atoms with van der Waals surface area (Å²) in [6.45, 7) is 2.91. The molecule has 0 radical (unpaired) electrons. The molecule has 4 aliphatic heterocycles. The van der Waals surface area contributed by atoms with Gasteiger partial charge in [0, 0.05) is 21.3 Å². The van der Waals surface area contributed by atoms with Crippen LogP contribution in [0.4, 0.5) is 0 Å². The summed E-state index contributed by atoms with van der Waals surface area (Å²) < 4.78 is 108. The molecular formula is C59H66O20. The van der Waals surface area contributed by atoms with Gasteiger partial charge in [-0.2, -0.15) is 0 Å². The molecular weight excluding hydrogens is 1030 g/mol. The second-order valence-electron chi connectivity index (χ2n) is 19.2. The van der Waals surface area contributed by atoms with Crippen LogP contribution in [-0.2, 0) is 89.1 Å². The molecule has 20 heteroatoms. The molecule has 0 amide bonds. The summed E-state index contributed by atoms with van der Waals surface area (Å²) in [5.74, 6) is -4.57. The minimum atomic E-state index is -1.61. The lowest BCUT2D eigenvalue weighted by Crippen LogP contribution is -2.72. The average molecular weight is 1100 g/mol. The third kappa shape index (κ3) is 13.1. The van der Waals surface area contributed by atoms with Gasteiger partial charge >= 0.3 is 17.9 Å². The zero-order valence-electron chi connectivity index (χ0n) is 44.9. The third-order valence-electron chi connectivity index (χ3n) is 14.3. The van der Waals surface area contributed by atoms with Crippen LogP contribution in [0.25, 0.3) is 0 Å². The first kappa shape index (κ1) is 57.3. The Hall–Kier alpha value is -6.37. The topological polar surface area (TPSA) is 208 Å². The number of ether oxygens (including phenoxy) is 17. The fraction of sp³-hybridized carbons (Fsp3) is 0.441. The molecule has 20 nitrogen and oxygen atoms in total. The van der Waals surface area contributed by atoms with Crippen molar-refractivity contribution in [2.75, 3.05) is 48.8 Å². The van der Waals surface area contributed by atoms with Crippen molar-refractivity contribution >= 4 is 17.9 Å². The number of hydrogen-bond acceptors (Lipinski definition) is 20. The van der Waals surface area contributed by atoms with Crippen LogP contribution in [0, 0.1) is 0 Å². The molecule has 4 aliphatic rings. The van der Waals surface area contributed by atoms with Crippen LogP contribution in [0.1, 0.15) is 45.7 Å². The van der Waals surface area contributed by atoms with Crippen molar-refractivity contribution in [1.82, 2.24) is 0 Å². The van der Waals surface area contributed by atoms with Gasteiger partial charge in [-0.1, -0.05) is 97.1 Å². The van der Waals surface area contributed by atoms with E-state index in [-0.39, 0.29) is 37.6 Å². The van der Waals surface area contributed by atoms with Crippen LogP contribution in [0.3, 0.4) is 0 Å². The number of benzene rings is 5. The van der Waals surface area contributed by atoms with Crippen LogP contribution in [0.15, 0.2) is 146 Å². The summed E-state index contributed by atoms with van der Waals surface area (Å²) in [7, 11) is 7.08. The molecule has 5 aromatic rings. The van der Waals surface area contributed by atoms with E-state index in [0.717, 1.165) is 11.1 Å². The third-order valence-corrected chi connectivity index (χ3v) is 14.3. The first-order chi connectivity index (χ1) is 38.4. The summed E-state index contributed by atoms with van der Waals surface area (Å²) >= 11 is 0. The Balaban J connectivity index is 1.12. The molecule has 0 unspecified atom stereocenters. The number of methoxy groups -OCH3 is 5. The van der Waals surface area contributed by atoms with E-state index in [9.17, 15) is 14.4 Å². The fourth-order valence-electron chi connectivity index (χ4n) is 9.74. The Kier molecular flexibility index (Phi) is 19.1. The predicted octanol–water partition coefficient (Wildman–Crippen LogP) is 6.60. The lowest BCUT2D eigenvalue weighted by molar-refractivity contribution is -0.480. The van der Waals surface area contributed by atoms with E-state index in [1.165, 1.54) is 35.5 Å². The van der Waals surface area contributed by atoms with E-state index in [2.05, 4.69) is 0 Å². The molecule has 15 atom stereocenters. The first-order valence-electron chi connectivity index (χ1n) is 25.8. The van der Waals surface area contributed by atoms with E-state index in [1.54, 1.807) is 98.8 Å². The van der Waals surface area contributed by atoms with Gasteiger partial charge in [-0.25, -0.2) is 14.4 Å². The summed E-state index contributed by atoms with van der Waals surface area (Å²) in [6, 6.07) is 42.1. The Bertz CT molecular complexity index is 2720. The first-order valence-corrected chi connectivity index (χ1v) is 25.8. The Morgan fingerprint density at radius 3 is 1.58 bits per heavy atom. The second kappa shape index (κ2) is 26.3. The molecule has 0 aliphatic carbocycles. The second-order valence-corrected chi connectivity index (χ2v) is 19.2. The van der Waals surface area contributed by atoms with Gasteiger partial charge in [-0.3, -0.25) is 0 Å². The molecule has 4 fully saturated rings. The van der Waals surface area contributed by atoms with Gasteiger partial charge < -0.3 is 80.5 Å². The largest absolute Gasteiger partial charge is 0.497 e. The molecule has 4 heterocycles. The normalized spacial score (nSPS) is 31.5. The molecule has 9 rings (SSSR count). The smallest absolute Gasteiger partial charge is 0.338 e. The number of fused-ring (bicyclic) bond motifs is 1. The molecule has 0 spiro atoms. The highest BCUT2D eigenvalue weighted by atomic mass is 16.8. The molecule has 0 N–H and O–H groups in total. The van der Waals surface area contributed by atoms with Crippen molar-refractivity contribution in [1.29, 1.82) is 0 Å². The van der Waals surface area contributed by atoms with Crippen molar-refractivity contribution < 1.29 is 94.9 Å². The summed E-state index contributed by atoms with van der Waals surface area (Å²) in [5.41, 5.74) is 2.01. The Morgan fingerprint density at radius 2 is 1.04 bits per heavy atom. The van der Waals surface area contributed by atoms with E-state index >= 15 is 0 Å². The highest BCUT2D eigenvalue weighted by molar-refractivity contribution is 5.90. The van der Waals surface area contributed by atoms with Crippen LogP contribution < -0.4 is 9.47 Å². The van der Waals surface area contributed by atoms with Gasteiger partial charge in [0.1, 0.15) is 54.2 Å². The van der Waals surface area contributed by atoms with E-state index < -0.39 is 109 Å². The highest BCUT2D eigenvalue weighted by Crippen LogP contribution is 2.45. The molecule has 5 aromatic carbocycles. The van der Waals surface area contributed by atoms with Crippen molar-refractivity contribution in [3.8, 4) is 11.5 Å². The van der Waals surface area contributed by atoms with Gasteiger partial charge in [0.05, 0.1) is 51.8 Å². The molecule has 4 saturated heterocycles. The highest BCUT2D eigenvalue weighted by Gasteiger charge is 2.63. The fourth-order valence-corrected chi connectivity index (χ4v) is 9.74. The van der Waals surface area contributed by atoms with Gasteiger partial charge in [0.2, 0.25) is 24.0 Å². The number of carbonyl (C=O) groups is 3. The number of carbonyl (C=O) groups excluding carboxylic acids is 3.